The van der Waals surface area contributed by atoms with Crippen LogP contribution < -0.4 is 0 Å². The number of hydrogen-bond acceptors (Lipinski definition) is 3. The molecule has 1 heterocycles. The first kappa shape index (κ1) is 14.1. The smallest absolute Gasteiger partial charge is 0.358 e. The molecule has 0 bridgehead atoms. The Morgan fingerprint density at radius 3 is 2.75 bits per heavy atom. The van der Waals surface area contributed by atoms with Crippen LogP contribution in [-0.2, 0) is 0 Å². The summed E-state index contributed by atoms with van der Waals surface area (Å²) < 4.78 is 1.48. The van der Waals surface area contributed by atoms with E-state index < -0.39 is 5.97 Å². The van der Waals surface area contributed by atoms with E-state index in [2.05, 4.69) is 5.10 Å². The van der Waals surface area contributed by atoms with Gasteiger partial charge in [-0.05, 0) is 24.1 Å². The Morgan fingerprint density at radius 1 is 1.50 bits per heavy atom. The molecule has 2 rings (SSSR count). The average Bonchev–Trinajstić information content (AvgIpc) is 2.76. The third-order valence-corrected chi connectivity index (χ3v) is 3.20. The topological polar surface area (TPSA) is 78.9 Å². The molecule has 102 valence electrons. The second-order valence-electron chi connectivity index (χ2n) is 4.58. The molecule has 1 aromatic carbocycles. The van der Waals surface area contributed by atoms with Crippen LogP contribution >= 0.6 is 11.6 Å². The number of nitrogens with zero attached hydrogens (tertiary/aromatic N) is 3. The first-order chi connectivity index (χ1) is 9.45. The minimum Gasteiger partial charge on any atom is -0.476 e. The zero-order chi connectivity index (χ0) is 14.9. The highest BCUT2D eigenvalue weighted by molar-refractivity contribution is 6.34. The molecule has 0 aliphatic heterocycles. The number of aromatic nitrogens is 2. The number of nitriles is 1. The number of benzene rings is 1. The number of halogens is 1. The van der Waals surface area contributed by atoms with E-state index in [4.69, 9.17) is 22.0 Å². The largest absolute Gasteiger partial charge is 0.476 e. The molecular weight excluding hydrogens is 278 g/mol. The van der Waals surface area contributed by atoms with E-state index in [1.54, 1.807) is 24.3 Å². The minimum absolute atomic E-state index is 0.00570. The van der Waals surface area contributed by atoms with E-state index in [-0.39, 0.29) is 16.6 Å². The summed E-state index contributed by atoms with van der Waals surface area (Å²) in [6, 6.07) is 8.82. The lowest BCUT2D eigenvalue weighted by Gasteiger charge is -2.10. The first-order valence-corrected chi connectivity index (χ1v) is 6.35. The Labute approximate surface area is 121 Å². The third kappa shape index (κ3) is 2.38. The molecule has 1 aromatic heterocycles. The summed E-state index contributed by atoms with van der Waals surface area (Å²) >= 11 is 6.11. The van der Waals surface area contributed by atoms with Gasteiger partial charge in [0, 0.05) is 0 Å². The fraction of sp³-hybridized carbons (Fsp3) is 0.214. The third-order valence-electron chi connectivity index (χ3n) is 2.83. The van der Waals surface area contributed by atoms with Crippen molar-refractivity contribution in [3.63, 3.8) is 0 Å². The van der Waals surface area contributed by atoms with Crippen LogP contribution in [0.2, 0.25) is 5.02 Å². The van der Waals surface area contributed by atoms with Crippen molar-refractivity contribution >= 4 is 17.6 Å². The summed E-state index contributed by atoms with van der Waals surface area (Å²) in [5.41, 5.74) is 1.51. The molecule has 0 saturated carbocycles. The van der Waals surface area contributed by atoms with Crippen LogP contribution in [0.25, 0.3) is 5.69 Å². The second-order valence-corrected chi connectivity index (χ2v) is 4.96. The first-order valence-electron chi connectivity index (χ1n) is 5.98. The van der Waals surface area contributed by atoms with Crippen LogP contribution in [0.4, 0.5) is 0 Å². The average molecular weight is 290 g/mol. The van der Waals surface area contributed by atoms with Crippen molar-refractivity contribution in [1.29, 1.82) is 5.26 Å². The van der Waals surface area contributed by atoms with Crippen molar-refractivity contribution in [2.75, 3.05) is 0 Å². The van der Waals surface area contributed by atoms with E-state index in [9.17, 15) is 4.79 Å². The summed E-state index contributed by atoms with van der Waals surface area (Å²) in [6.45, 7) is 3.80. The number of rotatable bonds is 3. The molecule has 0 atom stereocenters. The molecular formula is C14H12ClN3O2. The van der Waals surface area contributed by atoms with E-state index in [0.717, 1.165) is 0 Å². The van der Waals surface area contributed by atoms with E-state index in [0.29, 0.717) is 16.9 Å². The molecule has 5 nitrogen and oxygen atoms in total. The summed E-state index contributed by atoms with van der Waals surface area (Å²) in [4.78, 5) is 11.2. The van der Waals surface area contributed by atoms with Gasteiger partial charge in [0.15, 0.2) is 5.69 Å². The van der Waals surface area contributed by atoms with E-state index in [1.165, 1.54) is 4.68 Å². The number of carboxylic acid groups (broad SMARTS) is 1. The second kappa shape index (κ2) is 5.35. The zero-order valence-electron chi connectivity index (χ0n) is 11.0. The van der Waals surface area contributed by atoms with Crippen molar-refractivity contribution in [2.24, 2.45) is 0 Å². The van der Waals surface area contributed by atoms with Gasteiger partial charge in [-0.15, -0.1) is 0 Å². The SMILES string of the molecule is CC(C)c1c(Cl)c(C(=O)O)nn1-c1cccc(C#N)c1. The number of carboxylic acids is 1. The van der Waals surface area contributed by atoms with Gasteiger partial charge in [-0.1, -0.05) is 31.5 Å². The molecule has 0 fully saturated rings. The Hall–Kier alpha value is -2.32. The van der Waals surface area contributed by atoms with E-state index >= 15 is 0 Å². The van der Waals surface area contributed by atoms with Crippen molar-refractivity contribution in [1.82, 2.24) is 9.78 Å². The summed E-state index contributed by atoms with van der Waals surface area (Å²) in [5.74, 6) is -1.18. The van der Waals surface area contributed by atoms with Crippen LogP contribution in [0.5, 0.6) is 0 Å². The summed E-state index contributed by atoms with van der Waals surface area (Å²) in [6.07, 6.45) is 0. The molecule has 1 N–H and O–H groups in total. The zero-order valence-corrected chi connectivity index (χ0v) is 11.7. The molecule has 6 heteroatoms. The van der Waals surface area contributed by atoms with Crippen LogP contribution in [0.1, 0.15) is 41.5 Å². The van der Waals surface area contributed by atoms with Gasteiger partial charge in [-0.25, -0.2) is 9.48 Å². The molecule has 0 amide bonds. The summed E-state index contributed by atoms with van der Waals surface area (Å²) in [5, 5.41) is 22.2. The predicted octanol–water partition coefficient (Wildman–Crippen LogP) is 3.22. The molecule has 0 spiro atoms. The van der Waals surface area contributed by atoms with Gasteiger partial charge < -0.3 is 5.11 Å². The Bertz CT molecular complexity index is 714. The molecule has 0 saturated heterocycles. The lowest BCUT2D eigenvalue weighted by atomic mass is 10.1. The number of hydrogen-bond donors (Lipinski definition) is 1. The van der Waals surface area contributed by atoms with Gasteiger partial charge in [0.25, 0.3) is 0 Å². The molecule has 0 aliphatic rings. The quantitative estimate of drug-likeness (QED) is 0.941. The Morgan fingerprint density at radius 2 is 2.20 bits per heavy atom. The molecule has 0 radical (unpaired) electrons. The minimum atomic E-state index is -1.17. The van der Waals surface area contributed by atoms with Gasteiger partial charge in [0.1, 0.15) is 0 Å². The molecule has 0 unspecified atom stereocenters. The van der Waals surface area contributed by atoms with Gasteiger partial charge in [0.2, 0.25) is 0 Å². The van der Waals surface area contributed by atoms with E-state index in [1.807, 2.05) is 19.9 Å². The maximum Gasteiger partial charge on any atom is 0.358 e. The Kier molecular flexibility index (Phi) is 3.77. The van der Waals surface area contributed by atoms with Crippen LogP contribution in [-0.4, -0.2) is 20.9 Å². The highest BCUT2D eigenvalue weighted by atomic mass is 35.5. The standard InChI is InChI=1S/C14H12ClN3O2/c1-8(2)13-11(15)12(14(19)20)17-18(13)10-5-3-4-9(6-10)7-16/h3-6,8H,1-2H3,(H,19,20). The van der Waals surface area contributed by atoms with Crippen LogP contribution in [0.3, 0.4) is 0 Å². The van der Waals surface area contributed by atoms with Crippen LogP contribution in [0.15, 0.2) is 24.3 Å². The highest BCUT2D eigenvalue weighted by Gasteiger charge is 2.23. The van der Waals surface area contributed by atoms with Gasteiger partial charge in [0.05, 0.1) is 28.0 Å². The Balaban J connectivity index is 2.70. The fourth-order valence-electron chi connectivity index (χ4n) is 1.95. The van der Waals surface area contributed by atoms with Crippen LogP contribution in [0, 0.1) is 11.3 Å². The van der Waals surface area contributed by atoms with Crippen molar-refractivity contribution < 1.29 is 9.90 Å². The van der Waals surface area contributed by atoms with Crippen molar-refractivity contribution in [2.45, 2.75) is 19.8 Å². The maximum atomic E-state index is 11.2. The lowest BCUT2D eigenvalue weighted by Crippen LogP contribution is -2.05. The monoisotopic (exact) mass is 289 g/mol. The maximum absolute atomic E-state index is 11.2. The molecule has 0 aliphatic carbocycles. The van der Waals surface area contributed by atoms with Gasteiger partial charge in [-0.2, -0.15) is 10.4 Å². The van der Waals surface area contributed by atoms with Crippen molar-refractivity contribution in [3.8, 4) is 11.8 Å². The van der Waals surface area contributed by atoms with Gasteiger partial charge >= 0.3 is 5.97 Å². The summed E-state index contributed by atoms with van der Waals surface area (Å²) in [7, 11) is 0. The lowest BCUT2D eigenvalue weighted by molar-refractivity contribution is 0.0690. The van der Waals surface area contributed by atoms with Gasteiger partial charge in [-0.3, -0.25) is 0 Å². The fourth-order valence-corrected chi connectivity index (χ4v) is 2.37. The number of aromatic carboxylic acids is 1. The highest BCUT2D eigenvalue weighted by Crippen LogP contribution is 2.30. The number of carbonyl (C=O) groups is 1. The van der Waals surface area contributed by atoms with Crippen molar-refractivity contribution in [3.05, 3.63) is 46.2 Å². The molecule has 2 aromatic rings. The predicted molar refractivity (Wildman–Crippen MR) is 74.3 cm³/mol. The molecule has 20 heavy (non-hydrogen) atoms. The normalized spacial score (nSPS) is 10.6.